The molecule has 0 spiro atoms. The van der Waals surface area contributed by atoms with Crippen LogP contribution >= 0.6 is 0 Å². The molecule has 3 nitrogen and oxygen atoms in total. The van der Waals surface area contributed by atoms with Crippen molar-refractivity contribution in [1.29, 1.82) is 0 Å². The fourth-order valence-electron chi connectivity index (χ4n) is 6.88. The molecule has 1 aliphatic heterocycles. The number of allylic oxidation sites excluding steroid dienone is 2. The van der Waals surface area contributed by atoms with Gasteiger partial charge in [-0.2, -0.15) is 0 Å². The maximum absolute atomic E-state index is 11.9. The molecule has 3 saturated carbocycles. The monoisotopic (exact) mass is 403 g/mol. The molecular weight excluding hydrogens is 358 g/mol. The first-order valence-corrected chi connectivity index (χ1v) is 11.3. The van der Waals surface area contributed by atoms with E-state index in [2.05, 4.69) is 18.7 Å². The molecule has 2 amide bonds. The zero-order valence-corrected chi connectivity index (χ0v) is 17.6. The minimum atomic E-state index is -0.138. The van der Waals surface area contributed by atoms with Crippen molar-refractivity contribution in [2.45, 2.75) is 81.1 Å². The highest BCUT2D eigenvalue weighted by Gasteiger charge is 2.60. The van der Waals surface area contributed by atoms with Crippen molar-refractivity contribution in [3.8, 4) is 0 Å². The summed E-state index contributed by atoms with van der Waals surface area (Å²) < 4.78 is 0. The molecule has 5 rings (SSSR count). The molecule has 5 aliphatic rings. The molecule has 0 radical (unpaired) electrons. The molecule has 0 N–H and O–H groups in total. The molecule has 29 heavy (non-hydrogen) atoms. The van der Waals surface area contributed by atoms with Crippen molar-refractivity contribution in [1.82, 2.24) is 4.90 Å². The summed E-state index contributed by atoms with van der Waals surface area (Å²) in [5, 5.41) is 0. The number of rotatable bonds is 4. The maximum Gasteiger partial charge on any atom is 0.256 e. The number of nitrogens with zero attached hydrogens (tertiary/aromatic N) is 1. The van der Waals surface area contributed by atoms with E-state index in [1.165, 1.54) is 30.6 Å². The molecule has 1 heterocycles. The third kappa shape index (κ3) is 4.25. The zero-order valence-electron chi connectivity index (χ0n) is 17.6. The summed E-state index contributed by atoms with van der Waals surface area (Å²) >= 11 is 0. The lowest BCUT2D eigenvalue weighted by Gasteiger charge is -2.37. The van der Waals surface area contributed by atoms with E-state index in [9.17, 15) is 9.59 Å². The van der Waals surface area contributed by atoms with Crippen molar-refractivity contribution in [3.05, 3.63) is 24.3 Å². The third-order valence-corrected chi connectivity index (χ3v) is 7.58. The fourth-order valence-corrected chi connectivity index (χ4v) is 6.88. The van der Waals surface area contributed by atoms with Crippen molar-refractivity contribution in [2.75, 3.05) is 6.54 Å². The molecule has 0 aromatic heterocycles. The Balaban J connectivity index is 0.000000663. The van der Waals surface area contributed by atoms with E-state index in [1.54, 1.807) is 0 Å². The molecule has 0 aromatic carbocycles. The molecule has 4 aliphatic carbocycles. The van der Waals surface area contributed by atoms with E-state index in [0.29, 0.717) is 12.1 Å². The Morgan fingerprint density at radius 2 is 1.59 bits per heavy atom. The van der Waals surface area contributed by atoms with Crippen molar-refractivity contribution in [3.63, 3.8) is 0 Å². The molecule has 7 atom stereocenters. The second-order valence-electron chi connectivity index (χ2n) is 8.53. The van der Waals surface area contributed by atoms with E-state index in [0.717, 1.165) is 47.8 Å². The number of likely N-dealkylation sites (tertiary alicyclic amines) is 1. The lowest BCUT2D eigenvalue weighted by molar-refractivity contribution is -0.137. The van der Waals surface area contributed by atoms with Crippen LogP contribution in [0.3, 0.4) is 0 Å². The Bertz CT molecular complexity index is 622. The molecular formula is C26H45NO2. The second-order valence-corrected chi connectivity index (χ2v) is 8.53. The van der Waals surface area contributed by atoms with Gasteiger partial charge in [0.25, 0.3) is 5.91 Å². The first-order valence-electron chi connectivity index (χ1n) is 11.3. The average Bonchev–Trinajstić information content (AvgIpc) is 3.49. The predicted octanol–water partition coefficient (Wildman–Crippen LogP) is 6.50. The molecule has 4 bridgehead atoms. The van der Waals surface area contributed by atoms with E-state index in [4.69, 9.17) is 0 Å². The average molecular weight is 404 g/mol. The van der Waals surface area contributed by atoms with Gasteiger partial charge in [0, 0.05) is 12.1 Å². The van der Waals surface area contributed by atoms with Gasteiger partial charge in [-0.1, -0.05) is 61.3 Å². The van der Waals surface area contributed by atoms with Gasteiger partial charge >= 0.3 is 0 Å². The van der Waals surface area contributed by atoms with Gasteiger partial charge in [-0.15, -0.1) is 0 Å². The van der Waals surface area contributed by atoms with Crippen LogP contribution in [0.25, 0.3) is 0 Å². The van der Waals surface area contributed by atoms with Gasteiger partial charge in [0.1, 0.15) is 0 Å². The summed E-state index contributed by atoms with van der Waals surface area (Å²) in [5.41, 5.74) is 0.464. The largest absolute Gasteiger partial charge is 0.279 e. The summed E-state index contributed by atoms with van der Waals surface area (Å²) in [5.74, 6) is 6.26. The van der Waals surface area contributed by atoms with Crippen LogP contribution in [-0.4, -0.2) is 23.3 Å². The van der Waals surface area contributed by atoms with Crippen LogP contribution in [0.2, 0.25) is 0 Å². The molecule has 3 heteroatoms. The van der Waals surface area contributed by atoms with Crippen molar-refractivity contribution in [2.24, 2.45) is 41.4 Å². The highest BCUT2D eigenvalue weighted by Crippen LogP contribution is 2.67. The van der Waals surface area contributed by atoms with Crippen LogP contribution in [-0.2, 0) is 9.59 Å². The van der Waals surface area contributed by atoms with Crippen molar-refractivity contribution >= 4 is 11.8 Å². The summed E-state index contributed by atoms with van der Waals surface area (Å²) in [6.45, 7) is 12.3. The van der Waals surface area contributed by atoms with Gasteiger partial charge in [0.05, 0.1) is 6.42 Å². The Kier molecular flexibility index (Phi) is 9.37. The van der Waals surface area contributed by atoms with E-state index < -0.39 is 0 Å². The lowest BCUT2D eigenvalue weighted by atomic mass is 9.68. The van der Waals surface area contributed by atoms with Gasteiger partial charge in [-0.05, 0) is 73.5 Å². The van der Waals surface area contributed by atoms with Crippen LogP contribution in [0.1, 0.15) is 81.1 Å². The highest BCUT2D eigenvalue weighted by atomic mass is 16.2. The first kappa shape index (κ1) is 25.7. The standard InChI is InChI=1S/C20H25NO2.2C2H6.2CH4/c1-11-7-17(22)21(20(11)23)6-2-3-12-8-15-10-16(12)19-14-5-4-13(9-14)18(15)19;2*1-2;;/h4-5,12-16,18-19H,1-3,6-10H2;2*1-2H3;2*1H4. The SMILES string of the molecule is C.C.C=C1CC(=O)N(CCCC2CC3CC2C2C4C=CC(C4)C32)C1=O.CC.CC. The van der Waals surface area contributed by atoms with Crippen LogP contribution in [0.15, 0.2) is 24.3 Å². The normalized spacial score (nSPS) is 37.3. The number of carbonyl (C=O) groups excluding carboxylic acids is 2. The number of fused-ring (bicyclic) bond motifs is 9. The van der Waals surface area contributed by atoms with Crippen molar-refractivity contribution < 1.29 is 9.59 Å². The summed E-state index contributed by atoms with van der Waals surface area (Å²) in [4.78, 5) is 25.2. The van der Waals surface area contributed by atoms with E-state index in [-0.39, 0.29) is 33.1 Å². The van der Waals surface area contributed by atoms with Gasteiger partial charge in [0.15, 0.2) is 0 Å². The smallest absolute Gasteiger partial charge is 0.256 e. The molecule has 4 fully saturated rings. The van der Waals surface area contributed by atoms with Gasteiger partial charge < -0.3 is 0 Å². The van der Waals surface area contributed by atoms with E-state index >= 15 is 0 Å². The number of imide groups is 1. The molecule has 1 saturated heterocycles. The number of hydrogen-bond donors (Lipinski definition) is 0. The number of amides is 2. The Morgan fingerprint density at radius 3 is 2.17 bits per heavy atom. The van der Waals surface area contributed by atoms with Crippen LogP contribution < -0.4 is 0 Å². The van der Waals surface area contributed by atoms with Gasteiger partial charge in [-0.3, -0.25) is 14.5 Å². The molecule has 0 aromatic rings. The number of hydrogen-bond acceptors (Lipinski definition) is 2. The van der Waals surface area contributed by atoms with Crippen LogP contribution in [0.5, 0.6) is 0 Å². The van der Waals surface area contributed by atoms with Crippen LogP contribution in [0.4, 0.5) is 0 Å². The Morgan fingerprint density at radius 1 is 0.966 bits per heavy atom. The first-order chi connectivity index (χ1) is 13.1. The highest BCUT2D eigenvalue weighted by molar-refractivity contribution is 6.12. The quantitative estimate of drug-likeness (QED) is 0.232. The zero-order chi connectivity index (χ0) is 19.7. The third-order valence-electron chi connectivity index (χ3n) is 7.58. The second kappa shape index (κ2) is 10.6. The van der Waals surface area contributed by atoms with Crippen LogP contribution in [0, 0.1) is 41.4 Å². The molecule has 7 unspecified atom stereocenters. The van der Waals surface area contributed by atoms with E-state index in [1.807, 2.05) is 27.7 Å². The lowest BCUT2D eigenvalue weighted by Crippen LogP contribution is -2.33. The number of carbonyl (C=O) groups is 2. The minimum Gasteiger partial charge on any atom is -0.279 e. The summed E-state index contributed by atoms with van der Waals surface area (Å²) in [7, 11) is 0. The Labute approximate surface area is 180 Å². The maximum atomic E-state index is 11.9. The predicted molar refractivity (Wildman–Crippen MR) is 123 cm³/mol. The molecule has 166 valence electrons. The minimum absolute atomic E-state index is 0. The van der Waals surface area contributed by atoms with Gasteiger partial charge in [-0.25, -0.2) is 0 Å². The summed E-state index contributed by atoms with van der Waals surface area (Å²) in [6, 6.07) is 0. The topological polar surface area (TPSA) is 37.4 Å². The fraction of sp³-hybridized carbons (Fsp3) is 0.769. The van der Waals surface area contributed by atoms with Gasteiger partial charge in [0.2, 0.25) is 5.91 Å². The summed E-state index contributed by atoms with van der Waals surface area (Å²) in [6.07, 6.45) is 11.7. The Hall–Kier alpha value is -1.38.